The SMILES string of the molecule is Cc1cc(NC(=O)/C=C/c2ccccc2)n(-c2ccccc2C(F)(F)F)n1. The van der Waals surface area contributed by atoms with Crippen molar-refractivity contribution in [3.8, 4) is 5.69 Å². The van der Waals surface area contributed by atoms with E-state index in [0.29, 0.717) is 5.69 Å². The number of aryl methyl sites for hydroxylation is 1. The molecule has 0 saturated heterocycles. The van der Waals surface area contributed by atoms with Crippen molar-refractivity contribution in [2.24, 2.45) is 0 Å². The van der Waals surface area contributed by atoms with Gasteiger partial charge >= 0.3 is 6.18 Å². The third-order valence-corrected chi connectivity index (χ3v) is 3.75. The number of alkyl halides is 3. The first-order chi connectivity index (χ1) is 12.8. The third kappa shape index (κ3) is 4.44. The van der Waals surface area contributed by atoms with Gasteiger partial charge in [0.05, 0.1) is 16.9 Å². The molecule has 0 bridgehead atoms. The Bertz CT molecular complexity index is 976. The molecule has 1 amide bonds. The second-order valence-electron chi connectivity index (χ2n) is 5.83. The maximum Gasteiger partial charge on any atom is 0.418 e. The summed E-state index contributed by atoms with van der Waals surface area (Å²) in [5.74, 6) is -0.309. The lowest BCUT2D eigenvalue weighted by molar-refractivity contribution is -0.137. The van der Waals surface area contributed by atoms with Crippen LogP contribution in [0.4, 0.5) is 19.0 Å². The Morgan fingerprint density at radius 1 is 1.07 bits per heavy atom. The van der Waals surface area contributed by atoms with E-state index in [0.717, 1.165) is 16.3 Å². The van der Waals surface area contributed by atoms with Gasteiger partial charge in [0.1, 0.15) is 5.82 Å². The minimum Gasteiger partial charge on any atom is -0.307 e. The molecule has 27 heavy (non-hydrogen) atoms. The number of benzene rings is 2. The Balaban J connectivity index is 1.90. The molecule has 0 radical (unpaired) electrons. The Labute approximate surface area is 153 Å². The van der Waals surface area contributed by atoms with Crippen molar-refractivity contribution in [3.63, 3.8) is 0 Å². The van der Waals surface area contributed by atoms with Crippen molar-refractivity contribution in [1.82, 2.24) is 9.78 Å². The quantitative estimate of drug-likeness (QED) is 0.667. The first-order valence-electron chi connectivity index (χ1n) is 8.12. The topological polar surface area (TPSA) is 46.9 Å². The van der Waals surface area contributed by atoms with Crippen molar-refractivity contribution in [1.29, 1.82) is 0 Å². The molecule has 2 aromatic carbocycles. The van der Waals surface area contributed by atoms with E-state index in [-0.39, 0.29) is 11.5 Å². The van der Waals surface area contributed by atoms with Crippen LogP contribution in [0.15, 0.2) is 66.7 Å². The normalized spacial score (nSPS) is 11.7. The van der Waals surface area contributed by atoms with Crippen molar-refractivity contribution < 1.29 is 18.0 Å². The second kappa shape index (κ2) is 7.49. The van der Waals surface area contributed by atoms with E-state index in [1.54, 1.807) is 13.0 Å². The smallest absolute Gasteiger partial charge is 0.307 e. The highest BCUT2D eigenvalue weighted by Crippen LogP contribution is 2.34. The van der Waals surface area contributed by atoms with Gasteiger partial charge in [-0.15, -0.1) is 0 Å². The number of halogens is 3. The van der Waals surface area contributed by atoms with Gasteiger partial charge in [0.15, 0.2) is 0 Å². The molecule has 4 nitrogen and oxygen atoms in total. The molecule has 3 rings (SSSR count). The lowest BCUT2D eigenvalue weighted by atomic mass is 10.1. The molecule has 0 saturated carbocycles. The lowest BCUT2D eigenvalue weighted by Gasteiger charge is -2.14. The van der Waals surface area contributed by atoms with Crippen LogP contribution in [0.3, 0.4) is 0 Å². The van der Waals surface area contributed by atoms with Crippen LogP contribution in [0, 0.1) is 6.92 Å². The average molecular weight is 371 g/mol. The number of nitrogens with one attached hydrogen (secondary N) is 1. The van der Waals surface area contributed by atoms with Crippen LogP contribution in [-0.4, -0.2) is 15.7 Å². The molecular formula is C20H16F3N3O. The van der Waals surface area contributed by atoms with E-state index in [4.69, 9.17) is 0 Å². The molecule has 0 aliphatic carbocycles. The zero-order chi connectivity index (χ0) is 19.4. The fourth-order valence-electron chi connectivity index (χ4n) is 2.57. The molecule has 3 aromatic rings. The average Bonchev–Trinajstić information content (AvgIpc) is 3.00. The monoisotopic (exact) mass is 371 g/mol. The number of rotatable bonds is 4. The summed E-state index contributed by atoms with van der Waals surface area (Å²) < 4.78 is 41.0. The van der Waals surface area contributed by atoms with E-state index in [2.05, 4.69) is 10.4 Å². The maximum absolute atomic E-state index is 13.3. The minimum absolute atomic E-state index is 0.152. The van der Waals surface area contributed by atoms with Crippen LogP contribution in [0.1, 0.15) is 16.8 Å². The van der Waals surface area contributed by atoms with Gasteiger partial charge in [0.2, 0.25) is 5.91 Å². The fraction of sp³-hybridized carbons (Fsp3) is 0.100. The standard InChI is InChI=1S/C20H16F3N3O/c1-14-13-18(24-19(27)12-11-15-7-3-2-4-8-15)26(25-14)17-10-6-5-9-16(17)20(21,22)23/h2-13H,1H3,(H,24,27)/b12-11+. The minimum atomic E-state index is -4.54. The van der Waals surface area contributed by atoms with Gasteiger partial charge in [-0.1, -0.05) is 42.5 Å². The first-order valence-corrected chi connectivity index (χ1v) is 8.12. The molecule has 7 heteroatoms. The number of anilines is 1. The van der Waals surface area contributed by atoms with Crippen LogP contribution in [0.25, 0.3) is 11.8 Å². The fourth-order valence-corrected chi connectivity index (χ4v) is 2.57. The summed E-state index contributed by atoms with van der Waals surface area (Å²) in [7, 11) is 0. The van der Waals surface area contributed by atoms with Gasteiger partial charge in [0.25, 0.3) is 0 Å². The maximum atomic E-state index is 13.3. The number of hydrogen-bond acceptors (Lipinski definition) is 2. The summed E-state index contributed by atoms with van der Waals surface area (Å²) in [5.41, 5.74) is 0.331. The molecule has 0 unspecified atom stereocenters. The van der Waals surface area contributed by atoms with Gasteiger partial charge in [0, 0.05) is 12.1 Å². The Morgan fingerprint density at radius 2 is 1.74 bits per heavy atom. The van der Waals surface area contributed by atoms with Gasteiger partial charge in [-0.05, 0) is 30.7 Å². The van der Waals surface area contributed by atoms with Crippen molar-refractivity contribution in [2.45, 2.75) is 13.1 Å². The number of carbonyl (C=O) groups excluding carboxylic acids is 1. The molecule has 0 fully saturated rings. The Kier molecular flexibility index (Phi) is 5.12. The molecule has 138 valence electrons. The van der Waals surface area contributed by atoms with Crippen molar-refractivity contribution >= 4 is 17.8 Å². The van der Waals surface area contributed by atoms with Crippen LogP contribution < -0.4 is 5.32 Å². The van der Waals surface area contributed by atoms with Gasteiger partial charge in [-0.3, -0.25) is 4.79 Å². The zero-order valence-corrected chi connectivity index (χ0v) is 14.4. The van der Waals surface area contributed by atoms with Gasteiger partial charge in [-0.25, -0.2) is 4.68 Å². The summed E-state index contributed by atoms with van der Waals surface area (Å²) in [5, 5.41) is 6.69. The summed E-state index contributed by atoms with van der Waals surface area (Å²) in [4.78, 5) is 12.2. The zero-order valence-electron chi connectivity index (χ0n) is 14.4. The van der Waals surface area contributed by atoms with Crippen LogP contribution in [0.2, 0.25) is 0 Å². The third-order valence-electron chi connectivity index (χ3n) is 3.75. The predicted octanol–water partition coefficient (Wildman–Crippen LogP) is 4.85. The molecule has 1 heterocycles. The van der Waals surface area contributed by atoms with E-state index in [1.165, 1.54) is 30.3 Å². The van der Waals surface area contributed by atoms with Crippen LogP contribution in [-0.2, 0) is 11.0 Å². The van der Waals surface area contributed by atoms with Crippen LogP contribution in [0.5, 0.6) is 0 Å². The number of hydrogen-bond donors (Lipinski definition) is 1. The highest BCUT2D eigenvalue weighted by molar-refractivity contribution is 6.01. The highest BCUT2D eigenvalue weighted by atomic mass is 19.4. The number of aromatic nitrogens is 2. The van der Waals surface area contributed by atoms with Gasteiger partial charge < -0.3 is 5.32 Å². The summed E-state index contributed by atoms with van der Waals surface area (Å²) >= 11 is 0. The molecule has 0 aliphatic heterocycles. The molecule has 0 aliphatic rings. The highest BCUT2D eigenvalue weighted by Gasteiger charge is 2.34. The predicted molar refractivity (Wildman–Crippen MR) is 97.4 cm³/mol. The van der Waals surface area contributed by atoms with E-state index >= 15 is 0 Å². The van der Waals surface area contributed by atoms with Gasteiger partial charge in [-0.2, -0.15) is 18.3 Å². The summed E-state index contributed by atoms with van der Waals surface area (Å²) in [6, 6.07) is 15.8. The van der Waals surface area contributed by atoms with E-state index < -0.39 is 17.6 Å². The molecule has 1 aromatic heterocycles. The molecular weight excluding hydrogens is 355 g/mol. The number of carbonyl (C=O) groups is 1. The number of para-hydroxylation sites is 1. The van der Waals surface area contributed by atoms with E-state index in [9.17, 15) is 18.0 Å². The Hall–Kier alpha value is -3.35. The lowest BCUT2D eigenvalue weighted by Crippen LogP contribution is -2.16. The molecule has 0 spiro atoms. The van der Waals surface area contributed by atoms with Crippen molar-refractivity contribution in [3.05, 3.63) is 83.6 Å². The first kappa shape index (κ1) is 18.4. The largest absolute Gasteiger partial charge is 0.418 e. The summed E-state index contributed by atoms with van der Waals surface area (Å²) in [6.07, 6.45) is -1.60. The number of nitrogens with zero attached hydrogens (tertiary/aromatic N) is 2. The Morgan fingerprint density at radius 3 is 2.44 bits per heavy atom. The molecule has 0 atom stereocenters. The van der Waals surface area contributed by atoms with Crippen molar-refractivity contribution in [2.75, 3.05) is 5.32 Å². The molecule has 1 N–H and O–H groups in total. The van der Waals surface area contributed by atoms with E-state index in [1.807, 2.05) is 30.3 Å². The number of amides is 1. The summed E-state index contributed by atoms with van der Waals surface area (Å²) in [6.45, 7) is 1.64. The second-order valence-corrected chi connectivity index (χ2v) is 5.83. The van der Waals surface area contributed by atoms with Crippen LogP contribution >= 0.6 is 0 Å².